The molecule has 1 saturated carbocycles. The number of Topliss-reactive ketones (excluding diaryl/α,β-unsaturated/α-hetero) is 1. The van der Waals surface area contributed by atoms with E-state index in [1.807, 2.05) is 11.0 Å². The molecule has 0 radical (unpaired) electrons. The van der Waals surface area contributed by atoms with Crippen molar-refractivity contribution in [2.45, 2.75) is 63.5 Å². The van der Waals surface area contributed by atoms with Crippen LogP contribution in [-0.4, -0.2) is 71.7 Å². The molecule has 0 unspecified atom stereocenters. The summed E-state index contributed by atoms with van der Waals surface area (Å²) in [6.45, 7) is 5.56. The molecule has 1 aliphatic carbocycles. The van der Waals surface area contributed by atoms with Gasteiger partial charge in [0.2, 0.25) is 5.91 Å². The number of hydrogen-bond acceptors (Lipinski definition) is 4. The molecule has 176 valence electrons. The van der Waals surface area contributed by atoms with Crippen LogP contribution in [0.3, 0.4) is 0 Å². The van der Waals surface area contributed by atoms with Gasteiger partial charge in [0, 0.05) is 31.5 Å². The van der Waals surface area contributed by atoms with Gasteiger partial charge in [0.05, 0.1) is 12.1 Å². The summed E-state index contributed by atoms with van der Waals surface area (Å²) in [7, 11) is 4.28. The number of rotatable bonds is 9. The summed E-state index contributed by atoms with van der Waals surface area (Å²) in [5.74, 6) is -0.255. The molecule has 2 N–H and O–H groups in total. The molecule has 32 heavy (non-hydrogen) atoms. The summed E-state index contributed by atoms with van der Waals surface area (Å²) in [5, 5.41) is 0. The van der Waals surface area contributed by atoms with Crippen molar-refractivity contribution >= 4 is 17.7 Å². The Bertz CT molecular complexity index is 829. The van der Waals surface area contributed by atoms with Crippen molar-refractivity contribution in [1.29, 1.82) is 0 Å². The highest BCUT2D eigenvalue weighted by Gasteiger charge is 2.54. The summed E-state index contributed by atoms with van der Waals surface area (Å²) in [4.78, 5) is 42.8. The van der Waals surface area contributed by atoms with E-state index in [1.54, 1.807) is 4.90 Å². The summed E-state index contributed by atoms with van der Waals surface area (Å²) in [6, 6.07) is 10.6. The Morgan fingerprint density at radius 2 is 1.69 bits per heavy atom. The smallest absolute Gasteiger partial charge is 0.321 e. The van der Waals surface area contributed by atoms with Crippen LogP contribution in [0.2, 0.25) is 0 Å². The molecular formula is C25H38N4O3. The topological polar surface area (TPSA) is 87.0 Å². The van der Waals surface area contributed by atoms with Crippen LogP contribution in [0.25, 0.3) is 0 Å². The molecule has 7 heteroatoms. The molecule has 3 amide bonds. The predicted molar refractivity (Wildman–Crippen MR) is 125 cm³/mol. The first-order valence-electron chi connectivity index (χ1n) is 11.7. The third-order valence-corrected chi connectivity index (χ3v) is 7.30. The van der Waals surface area contributed by atoms with Gasteiger partial charge in [-0.25, -0.2) is 4.79 Å². The average molecular weight is 443 g/mol. The third kappa shape index (κ3) is 4.82. The lowest BCUT2D eigenvalue weighted by molar-refractivity contribution is -0.124. The Morgan fingerprint density at radius 1 is 1.06 bits per heavy atom. The minimum absolute atomic E-state index is 0.0319. The molecule has 0 atom stereocenters. The zero-order valence-electron chi connectivity index (χ0n) is 20.0. The van der Waals surface area contributed by atoms with Crippen LogP contribution in [0.5, 0.6) is 0 Å². The third-order valence-electron chi connectivity index (χ3n) is 7.30. The van der Waals surface area contributed by atoms with Gasteiger partial charge in [-0.05, 0) is 51.3 Å². The van der Waals surface area contributed by atoms with Gasteiger partial charge in [0.25, 0.3) is 0 Å². The minimum Gasteiger partial charge on any atom is -0.370 e. The first-order chi connectivity index (χ1) is 15.1. The van der Waals surface area contributed by atoms with Crippen LogP contribution < -0.4 is 5.73 Å². The second-order valence-corrected chi connectivity index (χ2v) is 10.2. The Balaban J connectivity index is 1.81. The number of ketones is 1. The van der Waals surface area contributed by atoms with Crippen molar-refractivity contribution in [1.82, 2.24) is 14.7 Å². The number of primary amides is 1. The Kier molecular flexibility index (Phi) is 7.28. The number of amides is 3. The lowest BCUT2D eigenvalue weighted by Crippen LogP contribution is -2.56. The van der Waals surface area contributed by atoms with Crippen LogP contribution in [0, 0.1) is 5.92 Å². The van der Waals surface area contributed by atoms with Crippen LogP contribution in [-0.2, 0) is 15.1 Å². The number of urea groups is 1. The normalized spacial score (nSPS) is 25.9. The molecule has 3 rings (SSSR count). The van der Waals surface area contributed by atoms with Gasteiger partial charge in [-0.1, -0.05) is 44.2 Å². The molecular weight excluding hydrogens is 404 g/mol. The lowest BCUT2D eigenvalue weighted by atomic mass is 9.68. The van der Waals surface area contributed by atoms with Crippen LogP contribution in [0.1, 0.15) is 57.9 Å². The quantitative estimate of drug-likeness (QED) is 0.637. The van der Waals surface area contributed by atoms with Gasteiger partial charge in [0.15, 0.2) is 5.78 Å². The monoisotopic (exact) mass is 442 g/mol. The maximum atomic E-state index is 13.4. The number of carbonyl (C=O) groups excluding carboxylic acids is 3. The molecule has 2 aliphatic rings. The first-order valence-corrected chi connectivity index (χ1v) is 11.7. The highest BCUT2D eigenvalue weighted by atomic mass is 16.2. The van der Waals surface area contributed by atoms with E-state index >= 15 is 0 Å². The number of nitrogens with zero attached hydrogens (tertiary/aromatic N) is 3. The highest BCUT2D eigenvalue weighted by Crippen LogP contribution is 2.49. The molecule has 1 aliphatic heterocycles. The molecule has 1 heterocycles. The zero-order valence-corrected chi connectivity index (χ0v) is 20.0. The Hall–Kier alpha value is -2.41. The van der Waals surface area contributed by atoms with Gasteiger partial charge in [0.1, 0.15) is 0 Å². The van der Waals surface area contributed by atoms with Gasteiger partial charge in [-0.2, -0.15) is 0 Å². The second kappa shape index (κ2) is 9.61. The van der Waals surface area contributed by atoms with E-state index in [1.165, 1.54) is 5.56 Å². The summed E-state index contributed by atoms with van der Waals surface area (Å²) in [6.07, 6.45) is 3.82. The summed E-state index contributed by atoms with van der Waals surface area (Å²) >= 11 is 0. The molecule has 1 saturated heterocycles. The van der Waals surface area contributed by atoms with Crippen LogP contribution in [0.4, 0.5) is 4.79 Å². The molecule has 7 nitrogen and oxygen atoms in total. The number of hydrogen-bond donors (Lipinski definition) is 1. The zero-order chi connectivity index (χ0) is 23.5. The first kappa shape index (κ1) is 24.2. The van der Waals surface area contributed by atoms with Gasteiger partial charge in [-0.3, -0.25) is 14.5 Å². The van der Waals surface area contributed by atoms with E-state index in [4.69, 9.17) is 5.73 Å². The molecule has 1 aromatic rings. The van der Waals surface area contributed by atoms with Crippen molar-refractivity contribution < 1.29 is 14.4 Å². The van der Waals surface area contributed by atoms with E-state index in [2.05, 4.69) is 57.1 Å². The Morgan fingerprint density at radius 3 is 2.22 bits per heavy atom. The average Bonchev–Trinajstić information content (AvgIpc) is 2.98. The van der Waals surface area contributed by atoms with E-state index in [0.29, 0.717) is 19.0 Å². The van der Waals surface area contributed by atoms with E-state index in [0.717, 1.165) is 25.7 Å². The van der Waals surface area contributed by atoms with E-state index in [9.17, 15) is 14.4 Å². The van der Waals surface area contributed by atoms with Gasteiger partial charge >= 0.3 is 6.03 Å². The molecule has 0 aromatic heterocycles. The maximum Gasteiger partial charge on any atom is 0.321 e. The van der Waals surface area contributed by atoms with Gasteiger partial charge < -0.3 is 15.5 Å². The van der Waals surface area contributed by atoms with Crippen molar-refractivity contribution in [3.05, 3.63) is 35.9 Å². The largest absolute Gasteiger partial charge is 0.370 e. The van der Waals surface area contributed by atoms with Crippen molar-refractivity contribution in [3.63, 3.8) is 0 Å². The minimum atomic E-state index is -0.489. The number of nitrogens with two attached hydrogens (primary N) is 1. The highest BCUT2D eigenvalue weighted by molar-refractivity contribution is 5.89. The van der Waals surface area contributed by atoms with Crippen LogP contribution >= 0.6 is 0 Å². The fourth-order valence-electron chi connectivity index (χ4n) is 5.50. The fourth-order valence-corrected chi connectivity index (χ4v) is 5.50. The maximum absolute atomic E-state index is 13.4. The fraction of sp³-hybridized carbons (Fsp3) is 0.640. The summed E-state index contributed by atoms with van der Waals surface area (Å²) in [5.41, 5.74) is 6.19. The Labute approximate surface area is 191 Å². The predicted octanol–water partition coefficient (Wildman–Crippen LogP) is 2.98. The van der Waals surface area contributed by atoms with Crippen molar-refractivity contribution in [3.8, 4) is 0 Å². The lowest BCUT2D eigenvalue weighted by Gasteiger charge is -2.51. The van der Waals surface area contributed by atoms with E-state index in [-0.39, 0.29) is 42.3 Å². The van der Waals surface area contributed by atoms with Gasteiger partial charge in [-0.15, -0.1) is 0 Å². The molecule has 0 bridgehead atoms. The number of benzene rings is 1. The molecule has 2 fully saturated rings. The number of carbonyl (C=O) groups is 3. The van der Waals surface area contributed by atoms with Crippen molar-refractivity contribution in [2.24, 2.45) is 11.7 Å². The van der Waals surface area contributed by atoms with Crippen LogP contribution in [0.15, 0.2) is 30.3 Å². The second-order valence-electron chi connectivity index (χ2n) is 10.2. The molecule has 1 spiro atoms. The summed E-state index contributed by atoms with van der Waals surface area (Å²) < 4.78 is 0. The van der Waals surface area contributed by atoms with Crippen molar-refractivity contribution in [2.75, 3.05) is 33.7 Å². The standard InChI is InChI=1S/C25H38N4O3/c1-19(2)16-29-23(32)28(17-21(30)10-11-22(26)31)18-24(29)12-14-25(15-13-24,27(3)4)20-8-6-5-7-9-20/h5-9,19H,10-18H2,1-4H3,(H2,26,31). The SMILES string of the molecule is CC(C)CN1C(=O)N(CC(=O)CCC(N)=O)CC12CCC(c1ccccc1)(N(C)C)CC2. The van der Waals surface area contributed by atoms with E-state index < -0.39 is 5.91 Å². The molecule has 1 aromatic carbocycles.